The second kappa shape index (κ2) is 5.35. The Bertz CT molecular complexity index is 186. The summed E-state index contributed by atoms with van der Waals surface area (Å²) in [4.78, 5) is 13.5. The number of carbonyl (C=O) groups is 1. The van der Waals surface area contributed by atoms with Gasteiger partial charge in [0.15, 0.2) is 0 Å². The molecule has 1 rings (SSSR count). The minimum Gasteiger partial charge on any atom is -0.395 e. The number of aliphatic hydroxyl groups excluding tert-OH is 1. The van der Waals surface area contributed by atoms with Crippen molar-refractivity contribution in [1.82, 2.24) is 4.90 Å². The topological polar surface area (TPSA) is 40.5 Å². The molecular weight excluding hydrogens is 178 g/mol. The summed E-state index contributed by atoms with van der Waals surface area (Å²) in [5.41, 5.74) is 0. The number of aliphatic hydroxyl groups is 1. The van der Waals surface area contributed by atoms with E-state index >= 15 is 0 Å². The second-order valence-electron chi connectivity index (χ2n) is 4.44. The summed E-state index contributed by atoms with van der Waals surface area (Å²) >= 11 is 0. The van der Waals surface area contributed by atoms with Crippen LogP contribution in [0.15, 0.2) is 0 Å². The molecule has 0 radical (unpaired) electrons. The normalized spacial score (nSPS) is 27.4. The van der Waals surface area contributed by atoms with Gasteiger partial charge < -0.3 is 10.0 Å². The minimum absolute atomic E-state index is 0.0609. The molecule has 1 aliphatic carbocycles. The van der Waals surface area contributed by atoms with Crippen molar-refractivity contribution in [2.24, 2.45) is 11.8 Å². The molecule has 82 valence electrons. The van der Waals surface area contributed by atoms with Crippen molar-refractivity contribution in [3.05, 3.63) is 0 Å². The molecule has 0 aromatic carbocycles. The van der Waals surface area contributed by atoms with E-state index in [-0.39, 0.29) is 18.4 Å². The lowest BCUT2D eigenvalue weighted by molar-refractivity contribution is -0.135. The molecule has 0 aromatic rings. The van der Waals surface area contributed by atoms with Gasteiger partial charge in [-0.3, -0.25) is 4.79 Å². The van der Waals surface area contributed by atoms with Crippen molar-refractivity contribution in [3.8, 4) is 0 Å². The van der Waals surface area contributed by atoms with Gasteiger partial charge in [-0.25, -0.2) is 0 Å². The predicted molar refractivity (Wildman–Crippen MR) is 55.8 cm³/mol. The third-order valence-electron chi connectivity index (χ3n) is 3.18. The summed E-state index contributed by atoms with van der Waals surface area (Å²) in [5, 5.41) is 8.73. The number of hydrogen-bond acceptors (Lipinski definition) is 2. The van der Waals surface area contributed by atoms with Crippen LogP contribution < -0.4 is 0 Å². The molecule has 0 aliphatic heterocycles. The van der Waals surface area contributed by atoms with Crippen LogP contribution in [0.1, 0.15) is 32.6 Å². The molecule has 1 saturated carbocycles. The van der Waals surface area contributed by atoms with E-state index in [4.69, 9.17) is 5.11 Å². The van der Waals surface area contributed by atoms with Crippen LogP contribution in [0.2, 0.25) is 0 Å². The Balaban J connectivity index is 2.37. The number of hydrogen-bond donors (Lipinski definition) is 1. The molecule has 0 spiro atoms. The van der Waals surface area contributed by atoms with Gasteiger partial charge in [0.1, 0.15) is 0 Å². The van der Waals surface area contributed by atoms with Crippen molar-refractivity contribution in [1.29, 1.82) is 0 Å². The zero-order valence-corrected chi connectivity index (χ0v) is 9.20. The summed E-state index contributed by atoms with van der Waals surface area (Å²) in [6.45, 7) is 2.77. The number of rotatable bonds is 3. The number of nitrogens with zero attached hydrogens (tertiary/aromatic N) is 1. The zero-order chi connectivity index (χ0) is 10.6. The van der Waals surface area contributed by atoms with Gasteiger partial charge in [-0.05, 0) is 31.6 Å². The molecule has 1 aliphatic rings. The zero-order valence-electron chi connectivity index (χ0n) is 9.20. The molecule has 1 N–H and O–H groups in total. The van der Waals surface area contributed by atoms with Gasteiger partial charge in [0.25, 0.3) is 0 Å². The fraction of sp³-hybridized carbons (Fsp3) is 0.909. The predicted octanol–water partition coefficient (Wildman–Crippen LogP) is 1.26. The van der Waals surface area contributed by atoms with Crippen LogP contribution in [-0.4, -0.2) is 36.1 Å². The monoisotopic (exact) mass is 199 g/mol. The van der Waals surface area contributed by atoms with Gasteiger partial charge in [0.05, 0.1) is 6.61 Å². The maximum Gasteiger partial charge on any atom is 0.225 e. The fourth-order valence-electron chi connectivity index (χ4n) is 2.08. The third kappa shape index (κ3) is 2.98. The average molecular weight is 199 g/mol. The summed E-state index contributed by atoms with van der Waals surface area (Å²) in [6, 6.07) is 0. The maximum atomic E-state index is 11.8. The molecular formula is C11H21NO2. The number of carbonyl (C=O) groups excluding carboxylic acids is 1. The van der Waals surface area contributed by atoms with Gasteiger partial charge in [-0.2, -0.15) is 0 Å². The van der Waals surface area contributed by atoms with Crippen molar-refractivity contribution < 1.29 is 9.90 Å². The molecule has 1 amide bonds. The highest BCUT2D eigenvalue weighted by Gasteiger charge is 2.26. The average Bonchev–Trinajstić information content (AvgIpc) is 2.18. The number of likely N-dealkylation sites (N-methyl/N-ethyl adjacent to an activating group) is 1. The Morgan fingerprint density at radius 1 is 1.36 bits per heavy atom. The Morgan fingerprint density at radius 2 is 1.93 bits per heavy atom. The largest absolute Gasteiger partial charge is 0.395 e. The first-order valence-electron chi connectivity index (χ1n) is 5.51. The molecule has 0 saturated heterocycles. The van der Waals surface area contributed by atoms with Crippen LogP contribution in [-0.2, 0) is 4.79 Å². The van der Waals surface area contributed by atoms with Crippen molar-refractivity contribution in [3.63, 3.8) is 0 Å². The first-order valence-corrected chi connectivity index (χ1v) is 5.51. The van der Waals surface area contributed by atoms with Crippen LogP contribution in [0.5, 0.6) is 0 Å². The van der Waals surface area contributed by atoms with E-state index < -0.39 is 0 Å². The van der Waals surface area contributed by atoms with E-state index in [0.717, 1.165) is 18.8 Å². The van der Waals surface area contributed by atoms with Crippen LogP contribution >= 0.6 is 0 Å². The van der Waals surface area contributed by atoms with Crippen molar-refractivity contribution in [2.75, 3.05) is 20.2 Å². The van der Waals surface area contributed by atoms with Crippen molar-refractivity contribution >= 4 is 5.91 Å². The summed E-state index contributed by atoms with van der Waals surface area (Å²) in [5.74, 6) is 1.20. The van der Waals surface area contributed by atoms with Crippen LogP contribution in [0.3, 0.4) is 0 Å². The summed E-state index contributed by atoms with van der Waals surface area (Å²) in [7, 11) is 1.77. The van der Waals surface area contributed by atoms with E-state index in [9.17, 15) is 4.79 Å². The first-order chi connectivity index (χ1) is 6.65. The quantitative estimate of drug-likeness (QED) is 0.743. The molecule has 0 aromatic heterocycles. The van der Waals surface area contributed by atoms with Crippen LogP contribution in [0.4, 0.5) is 0 Å². The maximum absolute atomic E-state index is 11.8. The highest BCUT2D eigenvalue weighted by Crippen LogP contribution is 2.29. The minimum atomic E-state index is 0.0609. The summed E-state index contributed by atoms with van der Waals surface area (Å²) < 4.78 is 0. The highest BCUT2D eigenvalue weighted by atomic mass is 16.3. The lowest BCUT2D eigenvalue weighted by atomic mass is 9.82. The van der Waals surface area contributed by atoms with Gasteiger partial charge >= 0.3 is 0 Å². The Morgan fingerprint density at radius 3 is 2.43 bits per heavy atom. The third-order valence-corrected chi connectivity index (χ3v) is 3.18. The summed E-state index contributed by atoms with van der Waals surface area (Å²) in [6.07, 6.45) is 4.39. The molecule has 0 bridgehead atoms. The Labute approximate surface area is 86.1 Å². The fourth-order valence-corrected chi connectivity index (χ4v) is 2.08. The van der Waals surface area contributed by atoms with E-state index in [0.29, 0.717) is 6.54 Å². The van der Waals surface area contributed by atoms with Gasteiger partial charge in [0.2, 0.25) is 5.91 Å². The molecule has 14 heavy (non-hydrogen) atoms. The van der Waals surface area contributed by atoms with Gasteiger partial charge in [-0.1, -0.05) is 6.92 Å². The highest BCUT2D eigenvalue weighted by molar-refractivity contribution is 5.78. The molecule has 0 heterocycles. The molecule has 0 unspecified atom stereocenters. The van der Waals surface area contributed by atoms with Crippen LogP contribution in [0.25, 0.3) is 0 Å². The standard InChI is InChI=1S/C11H21NO2/c1-9-3-5-10(6-4-9)11(14)12(2)7-8-13/h9-10,13H,3-8H2,1-2H3/t9-,10-. The second-order valence-corrected chi connectivity index (χ2v) is 4.44. The van der Waals surface area contributed by atoms with Gasteiger partial charge in [0, 0.05) is 19.5 Å². The first kappa shape index (κ1) is 11.5. The Kier molecular flexibility index (Phi) is 4.39. The van der Waals surface area contributed by atoms with E-state index in [1.807, 2.05) is 0 Å². The van der Waals surface area contributed by atoms with Crippen LogP contribution in [0, 0.1) is 11.8 Å². The lowest BCUT2D eigenvalue weighted by Gasteiger charge is -2.28. The van der Waals surface area contributed by atoms with Gasteiger partial charge in [-0.15, -0.1) is 0 Å². The van der Waals surface area contributed by atoms with E-state index in [1.54, 1.807) is 11.9 Å². The van der Waals surface area contributed by atoms with E-state index in [1.165, 1.54) is 12.8 Å². The molecule has 3 nitrogen and oxygen atoms in total. The smallest absolute Gasteiger partial charge is 0.225 e. The van der Waals surface area contributed by atoms with Crippen molar-refractivity contribution in [2.45, 2.75) is 32.6 Å². The molecule has 0 atom stereocenters. The SMILES string of the molecule is CN(CCO)C(=O)[C@H]1CC[C@H](C)CC1. The molecule has 3 heteroatoms. The lowest BCUT2D eigenvalue weighted by Crippen LogP contribution is -2.36. The van der Waals surface area contributed by atoms with E-state index in [2.05, 4.69) is 6.92 Å². The number of amides is 1. The molecule has 1 fully saturated rings. The Hall–Kier alpha value is -0.570.